The highest BCUT2D eigenvalue weighted by atomic mass is 16.7. The predicted molar refractivity (Wildman–Crippen MR) is 115 cm³/mol. The Hall–Kier alpha value is -3.52. The van der Waals surface area contributed by atoms with Gasteiger partial charge in [-0.2, -0.15) is 0 Å². The predicted octanol–water partition coefficient (Wildman–Crippen LogP) is 2.84. The minimum atomic E-state index is -0.974. The van der Waals surface area contributed by atoms with Crippen molar-refractivity contribution in [3.05, 3.63) is 64.0 Å². The summed E-state index contributed by atoms with van der Waals surface area (Å²) in [7, 11) is 0. The van der Waals surface area contributed by atoms with Crippen LogP contribution in [-0.4, -0.2) is 29.5 Å². The molecule has 2 aliphatic rings. The molecule has 0 aliphatic carbocycles. The van der Waals surface area contributed by atoms with Crippen LogP contribution in [0.3, 0.4) is 0 Å². The average Bonchev–Trinajstić information content (AvgIpc) is 3.22. The number of rotatable bonds is 4. The molecule has 0 saturated heterocycles. The normalized spacial score (nSPS) is 20.5. The van der Waals surface area contributed by atoms with Gasteiger partial charge in [0.05, 0.1) is 6.04 Å². The molecule has 1 amide bonds. The lowest BCUT2D eigenvalue weighted by Crippen LogP contribution is -2.53. The third-order valence-corrected chi connectivity index (χ3v) is 5.88. The summed E-state index contributed by atoms with van der Waals surface area (Å²) >= 11 is 0. The first-order valence-electron chi connectivity index (χ1n) is 10.4. The van der Waals surface area contributed by atoms with Crippen LogP contribution < -0.4 is 25.2 Å². The Labute approximate surface area is 183 Å². The van der Waals surface area contributed by atoms with Gasteiger partial charge < -0.3 is 29.1 Å². The zero-order valence-corrected chi connectivity index (χ0v) is 17.7. The standard InChI is InChI=1S/C24H23NO7/c1-24(2)23(28)22(15-10-14-5-8-21(27)31-17(14)11-18(15)32-24)25-20(26)7-4-13-3-6-16-19(9-13)30-12-29-16/h3,5-6,8-11,22-23,28H,4,7,12H2,1-2H3,(H,25,26)/t22-,23+/m1/s1. The monoisotopic (exact) mass is 437 g/mol. The summed E-state index contributed by atoms with van der Waals surface area (Å²) in [6, 6.07) is 11.3. The van der Waals surface area contributed by atoms with Crippen LogP contribution in [0.4, 0.5) is 0 Å². The molecule has 1 aromatic heterocycles. The summed E-state index contributed by atoms with van der Waals surface area (Å²) in [6.45, 7) is 3.70. The molecule has 3 aromatic rings. The summed E-state index contributed by atoms with van der Waals surface area (Å²) in [5.74, 6) is 1.64. The molecular weight excluding hydrogens is 414 g/mol. The van der Waals surface area contributed by atoms with Gasteiger partial charge in [-0.3, -0.25) is 4.79 Å². The van der Waals surface area contributed by atoms with Crippen LogP contribution in [0.1, 0.15) is 37.4 Å². The van der Waals surface area contributed by atoms with Crippen molar-refractivity contribution in [3.8, 4) is 17.2 Å². The number of nitrogens with one attached hydrogen (secondary N) is 1. The number of aryl methyl sites for hydroxylation is 1. The molecule has 32 heavy (non-hydrogen) atoms. The zero-order valence-electron chi connectivity index (χ0n) is 17.7. The van der Waals surface area contributed by atoms with Crippen LogP contribution in [0.25, 0.3) is 11.0 Å². The maximum atomic E-state index is 12.8. The van der Waals surface area contributed by atoms with Crippen LogP contribution in [0.2, 0.25) is 0 Å². The SMILES string of the molecule is CC1(C)Oc2cc3oc(=O)ccc3cc2[C@@H](NC(=O)CCc2ccc3c(c2)OCO3)[C@@H]1O. The largest absolute Gasteiger partial charge is 0.485 e. The van der Waals surface area contributed by atoms with Gasteiger partial charge in [0.2, 0.25) is 12.7 Å². The Morgan fingerprint density at radius 3 is 2.75 bits per heavy atom. The second-order valence-corrected chi connectivity index (χ2v) is 8.57. The molecule has 0 saturated carbocycles. The third kappa shape index (κ3) is 3.67. The number of ether oxygens (including phenoxy) is 3. The Kier molecular flexibility index (Phi) is 4.82. The van der Waals surface area contributed by atoms with E-state index in [9.17, 15) is 14.7 Å². The molecule has 0 bridgehead atoms. The van der Waals surface area contributed by atoms with E-state index in [1.54, 1.807) is 32.0 Å². The van der Waals surface area contributed by atoms with Crippen molar-refractivity contribution in [1.82, 2.24) is 5.32 Å². The lowest BCUT2D eigenvalue weighted by atomic mass is 9.86. The van der Waals surface area contributed by atoms with Gasteiger partial charge >= 0.3 is 5.63 Å². The summed E-state index contributed by atoms with van der Waals surface area (Å²) in [4.78, 5) is 24.4. The van der Waals surface area contributed by atoms with Gasteiger partial charge in [0.25, 0.3) is 0 Å². The molecule has 0 unspecified atom stereocenters. The fourth-order valence-electron chi connectivity index (χ4n) is 4.12. The first-order chi connectivity index (χ1) is 15.3. The van der Waals surface area contributed by atoms with Crippen molar-refractivity contribution in [3.63, 3.8) is 0 Å². The van der Waals surface area contributed by atoms with Crippen molar-refractivity contribution in [2.24, 2.45) is 0 Å². The van der Waals surface area contributed by atoms with E-state index < -0.39 is 23.4 Å². The number of fused-ring (bicyclic) bond motifs is 3. The highest BCUT2D eigenvalue weighted by molar-refractivity contribution is 5.81. The smallest absolute Gasteiger partial charge is 0.336 e. The van der Waals surface area contributed by atoms with E-state index in [0.717, 1.165) is 5.56 Å². The van der Waals surface area contributed by atoms with Crippen LogP contribution in [0.15, 0.2) is 51.7 Å². The van der Waals surface area contributed by atoms with Crippen LogP contribution in [0.5, 0.6) is 17.2 Å². The summed E-state index contributed by atoms with van der Waals surface area (Å²) in [5, 5.41) is 14.6. The Bertz CT molecular complexity index is 1260. The fraction of sp³-hybridized carbons (Fsp3) is 0.333. The molecule has 166 valence electrons. The average molecular weight is 437 g/mol. The topological polar surface area (TPSA) is 107 Å². The second-order valence-electron chi connectivity index (χ2n) is 8.57. The molecule has 3 heterocycles. The van der Waals surface area contributed by atoms with Gasteiger partial charge in [-0.05, 0) is 50.1 Å². The van der Waals surface area contributed by atoms with Crippen LogP contribution in [0, 0.1) is 0 Å². The van der Waals surface area contributed by atoms with Crippen molar-refractivity contribution < 1.29 is 28.5 Å². The third-order valence-electron chi connectivity index (χ3n) is 5.88. The number of hydrogen-bond acceptors (Lipinski definition) is 7. The van der Waals surface area contributed by atoms with E-state index in [4.69, 9.17) is 18.6 Å². The molecule has 2 N–H and O–H groups in total. The highest BCUT2D eigenvalue weighted by Crippen LogP contribution is 2.41. The quantitative estimate of drug-likeness (QED) is 0.605. The van der Waals surface area contributed by atoms with E-state index in [1.807, 2.05) is 18.2 Å². The van der Waals surface area contributed by atoms with Gasteiger partial charge in [-0.15, -0.1) is 0 Å². The van der Waals surface area contributed by atoms with Crippen molar-refractivity contribution >= 4 is 16.9 Å². The summed E-state index contributed by atoms with van der Waals surface area (Å²) in [6.07, 6.45) is -0.222. The first-order valence-corrected chi connectivity index (χ1v) is 10.4. The zero-order chi connectivity index (χ0) is 22.5. The number of hydrogen-bond donors (Lipinski definition) is 2. The second kappa shape index (κ2) is 7.56. The molecule has 8 heteroatoms. The van der Waals surface area contributed by atoms with E-state index >= 15 is 0 Å². The Morgan fingerprint density at radius 2 is 1.91 bits per heavy atom. The molecule has 0 fully saturated rings. The molecule has 5 rings (SSSR count). The number of aliphatic hydroxyl groups excluding tert-OH is 1. The van der Waals surface area contributed by atoms with E-state index in [1.165, 1.54) is 6.07 Å². The minimum Gasteiger partial charge on any atom is -0.485 e. The maximum absolute atomic E-state index is 12.8. The summed E-state index contributed by atoms with van der Waals surface area (Å²) < 4.78 is 21.9. The van der Waals surface area contributed by atoms with Crippen molar-refractivity contribution in [2.45, 2.75) is 44.4 Å². The Morgan fingerprint density at radius 1 is 1.09 bits per heavy atom. The number of carbonyl (C=O) groups excluding carboxylic acids is 1. The molecular formula is C24H23NO7. The molecule has 0 spiro atoms. The number of carbonyl (C=O) groups is 1. The van der Waals surface area contributed by atoms with E-state index in [-0.39, 0.29) is 19.1 Å². The van der Waals surface area contributed by atoms with Gasteiger partial charge in [0.1, 0.15) is 23.0 Å². The lowest BCUT2D eigenvalue weighted by Gasteiger charge is -2.42. The molecule has 2 atom stereocenters. The summed E-state index contributed by atoms with van der Waals surface area (Å²) in [5.41, 5.74) is 0.566. The number of amides is 1. The van der Waals surface area contributed by atoms with Crippen LogP contribution in [-0.2, 0) is 11.2 Å². The van der Waals surface area contributed by atoms with Crippen molar-refractivity contribution in [1.29, 1.82) is 0 Å². The number of aliphatic hydroxyl groups is 1. The van der Waals surface area contributed by atoms with Crippen LogP contribution >= 0.6 is 0 Å². The van der Waals surface area contributed by atoms with E-state index in [2.05, 4.69) is 5.32 Å². The lowest BCUT2D eigenvalue weighted by molar-refractivity contribution is -0.125. The maximum Gasteiger partial charge on any atom is 0.336 e. The van der Waals surface area contributed by atoms with Gasteiger partial charge in [0, 0.05) is 29.5 Å². The fourth-order valence-corrected chi connectivity index (χ4v) is 4.12. The molecule has 2 aromatic carbocycles. The minimum absolute atomic E-state index is 0.199. The van der Waals surface area contributed by atoms with Gasteiger partial charge in [0.15, 0.2) is 11.5 Å². The molecule has 8 nitrogen and oxygen atoms in total. The molecule has 2 aliphatic heterocycles. The number of benzene rings is 2. The van der Waals surface area contributed by atoms with Gasteiger partial charge in [-0.1, -0.05) is 6.07 Å². The van der Waals surface area contributed by atoms with Crippen molar-refractivity contribution in [2.75, 3.05) is 6.79 Å². The molecule has 0 radical (unpaired) electrons. The highest BCUT2D eigenvalue weighted by Gasteiger charge is 2.43. The van der Waals surface area contributed by atoms with E-state index in [0.29, 0.717) is 40.2 Å². The Balaban J connectivity index is 1.38. The van der Waals surface area contributed by atoms with Gasteiger partial charge in [-0.25, -0.2) is 4.79 Å². The first kappa shape index (κ1) is 20.4.